The third-order valence-corrected chi connectivity index (χ3v) is 3.45. The number of aromatic hydroxyl groups is 2. The summed E-state index contributed by atoms with van der Waals surface area (Å²) in [4.78, 5) is 24.3. The molecule has 0 radical (unpaired) electrons. The second kappa shape index (κ2) is 6.23. The van der Waals surface area contributed by atoms with Crippen LogP contribution in [0.2, 0.25) is 0 Å². The summed E-state index contributed by atoms with van der Waals surface area (Å²) in [5.41, 5.74) is 0.128. The van der Waals surface area contributed by atoms with E-state index in [1.807, 2.05) is 0 Å². The van der Waals surface area contributed by atoms with Gasteiger partial charge in [0, 0.05) is 12.8 Å². The Morgan fingerprint density at radius 1 is 1.41 bits per heavy atom. The molecule has 2 atom stereocenters. The molecule has 2 rings (SSSR count). The molecule has 7 heteroatoms. The Hall–Kier alpha value is -2.28. The quantitative estimate of drug-likeness (QED) is 0.711. The van der Waals surface area contributed by atoms with E-state index in [9.17, 15) is 24.9 Å². The number of rotatable bonds is 3. The van der Waals surface area contributed by atoms with E-state index in [1.54, 1.807) is 0 Å². The molecule has 1 aromatic rings. The van der Waals surface area contributed by atoms with Crippen LogP contribution in [-0.4, -0.2) is 46.4 Å². The Kier molecular flexibility index (Phi) is 4.56. The number of phenols is 2. The lowest BCUT2D eigenvalue weighted by Crippen LogP contribution is -2.29. The number of methoxy groups -OCH3 is 1. The molecule has 0 saturated heterocycles. The van der Waals surface area contributed by atoms with Gasteiger partial charge >= 0.3 is 5.97 Å². The van der Waals surface area contributed by atoms with E-state index in [1.165, 1.54) is 20.1 Å². The van der Waals surface area contributed by atoms with E-state index >= 15 is 0 Å². The number of phenolic OH excluding ortho intramolecular Hbond substituents is 2. The van der Waals surface area contributed by atoms with Crippen LogP contribution < -0.4 is 4.74 Å². The maximum absolute atomic E-state index is 12.4. The number of aliphatic hydroxyl groups is 1. The Morgan fingerprint density at radius 2 is 2.09 bits per heavy atom. The van der Waals surface area contributed by atoms with E-state index in [-0.39, 0.29) is 41.9 Å². The van der Waals surface area contributed by atoms with E-state index in [4.69, 9.17) is 9.47 Å². The van der Waals surface area contributed by atoms with Crippen LogP contribution in [0.25, 0.3) is 0 Å². The van der Waals surface area contributed by atoms with Crippen molar-refractivity contribution in [2.75, 3.05) is 7.11 Å². The average Bonchev–Trinajstić information content (AvgIpc) is 2.35. The predicted octanol–water partition coefficient (Wildman–Crippen LogP) is 0.918. The first-order valence-electron chi connectivity index (χ1n) is 6.86. The Bertz CT molecular complexity index is 606. The van der Waals surface area contributed by atoms with Gasteiger partial charge in [0.05, 0.1) is 25.2 Å². The van der Waals surface area contributed by atoms with Crippen molar-refractivity contribution in [3.8, 4) is 17.2 Å². The number of ketones is 1. The molecule has 120 valence electrons. The monoisotopic (exact) mass is 310 g/mol. The van der Waals surface area contributed by atoms with Crippen molar-refractivity contribution >= 4 is 11.8 Å². The largest absolute Gasteiger partial charge is 0.504 e. The number of benzene rings is 1. The molecule has 1 aromatic carbocycles. The molecular formula is C15H18O7. The third-order valence-electron chi connectivity index (χ3n) is 3.45. The highest BCUT2D eigenvalue weighted by molar-refractivity contribution is 6.03. The normalized spacial score (nSPS) is 19.7. The number of esters is 1. The van der Waals surface area contributed by atoms with Crippen LogP contribution in [0.1, 0.15) is 35.7 Å². The summed E-state index contributed by atoms with van der Waals surface area (Å²) in [6.45, 7) is 1.53. The maximum Gasteiger partial charge on any atom is 0.310 e. The number of Topliss-reactive ketones (excluding diaryl/α,β-unsaturated/α-hetero) is 1. The first kappa shape index (κ1) is 16.1. The molecule has 7 nitrogen and oxygen atoms in total. The minimum absolute atomic E-state index is 0.0538. The molecule has 2 unspecified atom stereocenters. The molecule has 1 heterocycles. The number of carbonyl (C=O) groups excluding carboxylic acids is 2. The molecular weight excluding hydrogens is 292 g/mol. The Morgan fingerprint density at radius 3 is 2.68 bits per heavy atom. The molecule has 0 aromatic heterocycles. The van der Waals surface area contributed by atoms with E-state index in [2.05, 4.69) is 0 Å². The van der Waals surface area contributed by atoms with Crippen LogP contribution in [0.5, 0.6) is 17.2 Å². The van der Waals surface area contributed by atoms with Gasteiger partial charge in [0.2, 0.25) is 5.75 Å². The van der Waals surface area contributed by atoms with Gasteiger partial charge in [-0.2, -0.15) is 0 Å². The summed E-state index contributed by atoms with van der Waals surface area (Å²) in [5, 5.41) is 29.3. The Balaban J connectivity index is 2.47. The highest BCUT2D eigenvalue weighted by atomic mass is 16.5. The summed E-state index contributed by atoms with van der Waals surface area (Å²) < 4.78 is 10.0. The number of fused-ring (bicyclic) bond motifs is 1. The maximum atomic E-state index is 12.4. The molecule has 1 aliphatic rings. The zero-order chi connectivity index (χ0) is 16.4. The van der Waals surface area contributed by atoms with Gasteiger partial charge in [0.1, 0.15) is 6.10 Å². The summed E-state index contributed by atoms with van der Waals surface area (Å²) in [6.07, 6.45) is -1.78. The van der Waals surface area contributed by atoms with Gasteiger partial charge < -0.3 is 24.8 Å². The summed E-state index contributed by atoms with van der Waals surface area (Å²) in [5.74, 6) is -2.10. The fourth-order valence-corrected chi connectivity index (χ4v) is 2.59. The summed E-state index contributed by atoms with van der Waals surface area (Å²) >= 11 is 0. The molecule has 0 saturated carbocycles. The number of carbonyl (C=O) groups is 2. The van der Waals surface area contributed by atoms with Gasteiger partial charge in [-0.05, 0) is 18.6 Å². The molecule has 0 bridgehead atoms. The molecule has 0 aliphatic carbocycles. The molecule has 22 heavy (non-hydrogen) atoms. The highest BCUT2D eigenvalue weighted by Gasteiger charge is 2.31. The molecule has 0 fully saturated rings. The number of ether oxygens (including phenoxy) is 2. The lowest BCUT2D eigenvalue weighted by Gasteiger charge is -2.23. The standard InChI is InChI=1S/C15H18O7/c1-7(16)3-9-6-10(17)13-8(5-12(19)22-9)4-11(18)15(21-2)14(13)20/h4,7,9,16,18,20H,3,5-6H2,1-2H3. The topological polar surface area (TPSA) is 113 Å². The molecule has 0 spiro atoms. The average molecular weight is 310 g/mol. The van der Waals surface area contributed by atoms with Crippen LogP contribution in [0.15, 0.2) is 6.07 Å². The van der Waals surface area contributed by atoms with Gasteiger partial charge in [0.15, 0.2) is 17.3 Å². The third kappa shape index (κ3) is 3.14. The van der Waals surface area contributed by atoms with Gasteiger partial charge in [-0.3, -0.25) is 9.59 Å². The number of hydrogen-bond acceptors (Lipinski definition) is 7. The fourth-order valence-electron chi connectivity index (χ4n) is 2.59. The van der Waals surface area contributed by atoms with Crippen LogP contribution in [0, 0.1) is 0 Å². The fraction of sp³-hybridized carbons (Fsp3) is 0.467. The van der Waals surface area contributed by atoms with Gasteiger partial charge in [-0.1, -0.05) is 0 Å². The molecule has 0 amide bonds. The first-order valence-corrected chi connectivity index (χ1v) is 6.86. The zero-order valence-corrected chi connectivity index (χ0v) is 12.3. The first-order chi connectivity index (χ1) is 10.3. The van der Waals surface area contributed by atoms with Gasteiger partial charge in [-0.15, -0.1) is 0 Å². The number of aliphatic hydroxyl groups excluding tert-OH is 1. The van der Waals surface area contributed by atoms with Crippen LogP contribution in [-0.2, 0) is 16.0 Å². The zero-order valence-electron chi connectivity index (χ0n) is 12.3. The smallest absolute Gasteiger partial charge is 0.310 e. The lowest BCUT2D eigenvalue weighted by molar-refractivity contribution is -0.149. The van der Waals surface area contributed by atoms with Crippen LogP contribution in [0.4, 0.5) is 0 Å². The summed E-state index contributed by atoms with van der Waals surface area (Å²) in [7, 11) is 1.25. The van der Waals surface area contributed by atoms with Crippen molar-refractivity contribution < 1.29 is 34.4 Å². The number of cyclic esters (lactones) is 1. The molecule has 1 aliphatic heterocycles. The van der Waals surface area contributed by atoms with Crippen LogP contribution in [0.3, 0.4) is 0 Å². The minimum atomic E-state index is -0.757. The second-order valence-electron chi connectivity index (χ2n) is 5.31. The number of hydrogen-bond donors (Lipinski definition) is 3. The Labute approximate surface area is 127 Å². The van der Waals surface area contributed by atoms with Crippen LogP contribution >= 0.6 is 0 Å². The van der Waals surface area contributed by atoms with Gasteiger partial charge in [0.25, 0.3) is 0 Å². The van der Waals surface area contributed by atoms with Crippen molar-refractivity contribution in [3.63, 3.8) is 0 Å². The van der Waals surface area contributed by atoms with Crippen molar-refractivity contribution in [1.82, 2.24) is 0 Å². The molecule has 3 N–H and O–H groups in total. The minimum Gasteiger partial charge on any atom is -0.504 e. The second-order valence-corrected chi connectivity index (χ2v) is 5.31. The SMILES string of the molecule is COc1c(O)cc2c(c1O)C(=O)CC(CC(C)O)OC(=O)C2. The van der Waals surface area contributed by atoms with Crippen molar-refractivity contribution in [2.24, 2.45) is 0 Å². The van der Waals surface area contributed by atoms with E-state index in [0.717, 1.165) is 0 Å². The van der Waals surface area contributed by atoms with Crippen molar-refractivity contribution in [2.45, 2.75) is 38.4 Å². The predicted molar refractivity (Wildman–Crippen MR) is 75.2 cm³/mol. The van der Waals surface area contributed by atoms with E-state index in [0.29, 0.717) is 0 Å². The van der Waals surface area contributed by atoms with E-state index < -0.39 is 29.7 Å². The van der Waals surface area contributed by atoms with Gasteiger partial charge in [-0.25, -0.2) is 0 Å². The van der Waals surface area contributed by atoms with Crippen molar-refractivity contribution in [1.29, 1.82) is 0 Å². The van der Waals surface area contributed by atoms with Crippen molar-refractivity contribution in [3.05, 3.63) is 17.2 Å². The lowest BCUT2D eigenvalue weighted by atomic mass is 9.93. The highest BCUT2D eigenvalue weighted by Crippen LogP contribution is 2.42. The summed E-state index contributed by atoms with van der Waals surface area (Å²) in [6, 6.07) is 1.21.